The fraction of sp³-hybridized carbons (Fsp3) is 0.240. The highest BCUT2D eigenvalue weighted by Gasteiger charge is 2.20. The number of benzene rings is 2. The lowest BCUT2D eigenvalue weighted by atomic mass is 9.92. The third kappa shape index (κ3) is 3.89. The van der Waals surface area contributed by atoms with Gasteiger partial charge in [0, 0.05) is 28.2 Å². The zero-order valence-corrected chi connectivity index (χ0v) is 17.1. The SMILES string of the molecule is O=C(COC(=O)Cc1c[nH]c2ccccc12)Nc1c2c(nc3ccccc13)CCCC2. The van der Waals surface area contributed by atoms with Crippen LogP contribution in [0, 0.1) is 0 Å². The molecule has 0 aliphatic heterocycles. The van der Waals surface area contributed by atoms with Gasteiger partial charge in [-0.15, -0.1) is 0 Å². The third-order valence-corrected chi connectivity index (χ3v) is 5.81. The number of aryl methyl sites for hydroxylation is 1. The summed E-state index contributed by atoms with van der Waals surface area (Å²) >= 11 is 0. The Bertz CT molecular complexity index is 1290. The van der Waals surface area contributed by atoms with Crippen molar-refractivity contribution < 1.29 is 14.3 Å². The maximum atomic E-state index is 12.6. The number of anilines is 1. The molecule has 1 aliphatic rings. The van der Waals surface area contributed by atoms with Gasteiger partial charge >= 0.3 is 5.97 Å². The van der Waals surface area contributed by atoms with E-state index in [0.717, 1.165) is 70.0 Å². The van der Waals surface area contributed by atoms with Crippen molar-refractivity contribution in [3.63, 3.8) is 0 Å². The van der Waals surface area contributed by atoms with E-state index in [0.29, 0.717) is 0 Å². The molecule has 1 aliphatic carbocycles. The average molecular weight is 413 g/mol. The second kappa shape index (κ2) is 8.22. The van der Waals surface area contributed by atoms with Crippen molar-refractivity contribution >= 4 is 39.4 Å². The largest absolute Gasteiger partial charge is 0.455 e. The molecular formula is C25H23N3O3. The number of nitrogens with one attached hydrogen (secondary N) is 2. The number of carbonyl (C=O) groups excluding carboxylic acids is 2. The second-order valence-corrected chi connectivity index (χ2v) is 7.88. The van der Waals surface area contributed by atoms with Gasteiger partial charge in [0.25, 0.3) is 5.91 Å². The predicted molar refractivity (Wildman–Crippen MR) is 120 cm³/mol. The molecule has 2 heterocycles. The fourth-order valence-corrected chi connectivity index (χ4v) is 4.32. The molecule has 2 aromatic heterocycles. The van der Waals surface area contributed by atoms with Gasteiger partial charge in [-0.2, -0.15) is 0 Å². The molecule has 2 aromatic carbocycles. The number of carbonyl (C=O) groups is 2. The molecule has 0 bridgehead atoms. The van der Waals surface area contributed by atoms with Crippen LogP contribution in [0.2, 0.25) is 0 Å². The van der Waals surface area contributed by atoms with E-state index in [4.69, 9.17) is 9.72 Å². The zero-order chi connectivity index (χ0) is 21.2. The van der Waals surface area contributed by atoms with E-state index in [-0.39, 0.29) is 18.9 Å². The van der Waals surface area contributed by atoms with Crippen molar-refractivity contribution in [2.75, 3.05) is 11.9 Å². The predicted octanol–water partition coefficient (Wildman–Crippen LogP) is 4.32. The molecule has 6 heteroatoms. The smallest absolute Gasteiger partial charge is 0.310 e. The molecular weight excluding hydrogens is 390 g/mol. The van der Waals surface area contributed by atoms with Crippen molar-refractivity contribution in [2.24, 2.45) is 0 Å². The Balaban J connectivity index is 1.29. The highest BCUT2D eigenvalue weighted by Crippen LogP contribution is 2.33. The molecule has 0 saturated carbocycles. The molecule has 4 aromatic rings. The number of hydrogen-bond acceptors (Lipinski definition) is 4. The lowest BCUT2D eigenvalue weighted by Crippen LogP contribution is -2.23. The van der Waals surface area contributed by atoms with Crippen LogP contribution >= 0.6 is 0 Å². The van der Waals surface area contributed by atoms with Crippen LogP contribution in [0.25, 0.3) is 21.8 Å². The number of hydrogen-bond donors (Lipinski definition) is 2. The molecule has 0 fully saturated rings. The van der Waals surface area contributed by atoms with Gasteiger partial charge in [-0.25, -0.2) is 0 Å². The van der Waals surface area contributed by atoms with Crippen LogP contribution < -0.4 is 5.32 Å². The topological polar surface area (TPSA) is 84.1 Å². The summed E-state index contributed by atoms with van der Waals surface area (Å²) in [5.41, 5.74) is 5.65. The van der Waals surface area contributed by atoms with Gasteiger partial charge < -0.3 is 15.0 Å². The van der Waals surface area contributed by atoms with Crippen molar-refractivity contribution in [1.29, 1.82) is 0 Å². The van der Waals surface area contributed by atoms with Gasteiger partial charge in [0.1, 0.15) is 0 Å². The minimum atomic E-state index is -0.429. The van der Waals surface area contributed by atoms with Gasteiger partial charge in [0.15, 0.2) is 6.61 Å². The van der Waals surface area contributed by atoms with E-state index in [1.165, 1.54) is 0 Å². The number of rotatable bonds is 5. The number of aromatic amines is 1. The minimum Gasteiger partial charge on any atom is -0.455 e. The lowest BCUT2D eigenvalue weighted by Gasteiger charge is -2.21. The number of H-pyrrole nitrogens is 1. The number of esters is 1. The standard InChI is InChI=1S/C25H23N3O3/c29-23(15-31-24(30)13-16-14-26-20-10-4-1-7-17(16)20)28-25-18-8-2-5-11-21(18)27-22-12-6-3-9-19(22)25/h1-2,4-5,7-8,10-11,14,26H,3,6,9,12-13,15H2,(H,27,28,29). The maximum absolute atomic E-state index is 12.6. The summed E-state index contributed by atoms with van der Waals surface area (Å²) in [5, 5.41) is 4.90. The summed E-state index contributed by atoms with van der Waals surface area (Å²) in [6.07, 6.45) is 5.92. The Kier molecular flexibility index (Phi) is 5.12. The fourth-order valence-electron chi connectivity index (χ4n) is 4.32. The van der Waals surface area contributed by atoms with Crippen LogP contribution in [0.5, 0.6) is 0 Å². The highest BCUT2D eigenvalue weighted by molar-refractivity contribution is 6.03. The lowest BCUT2D eigenvalue weighted by molar-refractivity contribution is -0.146. The van der Waals surface area contributed by atoms with E-state index >= 15 is 0 Å². The molecule has 0 unspecified atom stereocenters. The Morgan fingerprint density at radius 1 is 1.00 bits per heavy atom. The molecule has 156 valence electrons. The molecule has 0 saturated heterocycles. The number of fused-ring (bicyclic) bond motifs is 3. The summed E-state index contributed by atoms with van der Waals surface area (Å²) in [5.74, 6) is -0.766. The van der Waals surface area contributed by atoms with Gasteiger partial charge in [0.05, 0.1) is 17.6 Å². The van der Waals surface area contributed by atoms with Gasteiger partial charge in [0.2, 0.25) is 0 Å². The highest BCUT2D eigenvalue weighted by atomic mass is 16.5. The van der Waals surface area contributed by atoms with Crippen molar-refractivity contribution in [3.05, 3.63) is 71.5 Å². The van der Waals surface area contributed by atoms with Crippen LogP contribution in [0.4, 0.5) is 5.69 Å². The van der Waals surface area contributed by atoms with Crippen LogP contribution in [0.1, 0.15) is 29.7 Å². The average Bonchev–Trinajstić information content (AvgIpc) is 3.20. The van der Waals surface area contributed by atoms with Gasteiger partial charge in [-0.05, 0) is 48.9 Å². The Morgan fingerprint density at radius 3 is 2.68 bits per heavy atom. The molecule has 31 heavy (non-hydrogen) atoms. The molecule has 6 nitrogen and oxygen atoms in total. The van der Waals surface area contributed by atoms with Crippen LogP contribution in [-0.2, 0) is 33.6 Å². The molecule has 0 radical (unpaired) electrons. The maximum Gasteiger partial charge on any atom is 0.310 e. The first-order valence-corrected chi connectivity index (χ1v) is 10.6. The van der Waals surface area contributed by atoms with E-state index in [1.807, 2.05) is 48.5 Å². The van der Waals surface area contributed by atoms with Crippen LogP contribution in [-0.4, -0.2) is 28.5 Å². The Labute approximate surface area is 179 Å². The van der Waals surface area contributed by atoms with Crippen LogP contribution in [0.3, 0.4) is 0 Å². The number of nitrogens with zero attached hydrogens (tertiary/aromatic N) is 1. The summed E-state index contributed by atoms with van der Waals surface area (Å²) in [4.78, 5) is 32.9. The van der Waals surface area contributed by atoms with Crippen LogP contribution in [0.15, 0.2) is 54.7 Å². The Hall–Kier alpha value is -3.67. The number of amides is 1. The first-order valence-electron chi connectivity index (χ1n) is 10.6. The molecule has 0 spiro atoms. The van der Waals surface area contributed by atoms with E-state index in [2.05, 4.69) is 10.3 Å². The first-order chi connectivity index (χ1) is 15.2. The first kappa shape index (κ1) is 19.3. The van der Waals surface area contributed by atoms with Crippen molar-refractivity contribution in [2.45, 2.75) is 32.1 Å². The minimum absolute atomic E-state index is 0.116. The molecule has 0 atom stereocenters. The van der Waals surface area contributed by atoms with E-state index in [9.17, 15) is 9.59 Å². The van der Waals surface area contributed by atoms with Crippen molar-refractivity contribution in [1.82, 2.24) is 9.97 Å². The number of aromatic nitrogens is 2. The quantitative estimate of drug-likeness (QED) is 0.477. The number of ether oxygens (including phenoxy) is 1. The van der Waals surface area contributed by atoms with E-state index < -0.39 is 5.97 Å². The summed E-state index contributed by atoms with van der Waals surface area (Å²) in [6.45, 7) is -0.313. The van der Waals surface area contributed by atoms with Crippen molar-refractivity contribution in [3.8, 4) is 0 Å². The summed E-state index contributed by atoms with van der Waals surface area (Å²) in [7, 11) is 0. The number of para-hydroxylation sites is 2. The number of pyridine rings is 1. The van der Waals surface area contributed by atoms with Gasteiger partial charge in [-0.1, -0.05) is 36.4 Å². The molecule has 1 amide bonds. The third-order valence-electron chi connectivity index (χ3n) is 5.81. The normalized spacial score (nSPS) is 13.2. The summed E-state index contributed by atoms with van der Waals surface area (Å²) in [6, 6.07) is 15.6. The molecule has 5 rings (SSSR count). The van der Waals surface area contributed by atoms with Gasteiger partial charge in [-0.3, -0.25) is 14.6 Å². The summed E-state index contributed by atoms with van der Waals surface area (Å²) < 4.78 is 5.27. The Morgan fingerprint density at radius 2 is 1.77 bits per heavy atom. The zero-order valence-electron chi connectivity index (χ0n) is 17.1. The second-order valence-electron chi connectivity index (χ2n) is 7.88. The monoisotopic (exact) mass is 413 g/mol. The van der Waals surface area contributed by atoms with E-state index in [1.54, 1.807) is 6.20 Å². The molecule has 2 N–H and O–H groups in total.